The number of nitrogens with one attached hydrogen (secondary N) is 1. The van der Waals surface area contributed by atoms with Crippen LogP contribution in [0.1, 0.15) is 10.4 Å². The van der Waals surface area contributed by atoms with Gasteiger partial charge in [-0.1, -0.05) is 0 Å². The summed E-state index contributed by atoms with van der Waals surface area (Å²) in [5.74, 6) is -1.54. The van der Waals surface area contributed by atoms with Crippen molar-refractivity contribution in [2.75, 3.05) is 25.5 Å². The molecule has 1 rings (SSSR count). The molecular weight excluding hydrogens is 254 g/mol. The minimum Gasteiger partial charge on any atom is -0.478 e. The smallest absolute Gasteiger partial charge is 0.337 e. The van der Waals surface area contributed by atoms with Crippen LogP contribution in [0.2, 0.25) is 0 Å². The third kappa shape index (κ3) is 3.41. The predicted molar refractivity (Wildman–Crippen MR) is 67.4 cm³/mol. The summed E-state index contributed by atoms with van der Waals surface area (Å²) in [7, 11) is 2.93. The quantitative estimate of drug-likeness (QED) is 0.592. The van der Waals surface area contributed by atoms with Crippen LogP contribution in [-0.4, -0.2) is 42.5 Å². The van der Waals surface area contributed by atoms with Crippen molar-refractivity contribution in [3.63, 3.8) is 0 Å². The van der Waals surface area contributed by atoms with Gasteiger partial charge < -0.3 is 15.3 Å². The molecule has 1 aromatic rings. The van der Waals surface area contributed by atoms with Crippen molar-refractivity contribution < 1.29 is 19.6 Å². The van der Waals surface area contributed by atoms with Crippen molar-refractivity contribution in [2.45, 2.75) is 0 Å². The van der Waals surface area contributed by atoms with E-state index in [1.54, 1.807) is 0 Å². The number of rotatable bonds is 5. The van der Waals surface area contributed by atoms with Crippen LogP contribution in [-0.2, 0) is 4.79 Å². The number of nitrogens with zero attached hydrogens (tertiary/aromatic N) is 2. The molecule has 1 amide bonds. The summed E-state index contributed by atoms with van der Waals surface area (Å²) in [6.07, 6.45) is 0. The Morgan fingerprint density at radius 2 is 2.11 bits per heavy atom. The second kappa shape index (κ2) is 5.80. The van der Waals surface area contributed by atoms with Gasteiger partial charge in [0.1, 0.15) is 0 Å². The van der Waals surface area contributed by atoms with E-state index in [4.69, 9.17) is 5.11 Å². The molecule has 8 heteroatoms. The van der Waals surface area contributed by atoms with Gasteiger partial charge >= 0.3 is 5.97 Å². The maximum Gasteiger partial charge on any atom is 0.337 e. The number of hydrogen-bond donors (Lipinski definition) is 2. The zero-order valence-electron chi connectivity index (χ0n) is 10.4. The first-order valence-electron chi connectivity index (χ1n) is 5.30. The fraction of sp³-hybridized carbons (Fsp3) is 0.273. The van der Waals surface area contributed by atoms with Crippen LogP contribution in [0.5, 0.6) is 0 Å². The van der Waals surface area contributed by atoms with E-state index in [1.807, 2.05) is 0 Å². The lowest BCUT2D eigenvalue weighted by Crippen LogP contribution is -2.33. The molecule has 2 N–H and O–H groups in total. The highest BCUT2D eigenvalue weighted by molar-refractivity contribution is 5.96. The van der Waals surface area contributed by atoms with E-state index in [0.29, 0.717) is 0 Å². The molecule has 0 saturated carbocycles. The number of anilines is 1. The fourth-order valence-electron chi connectivity index (χ4n) is 1.51. The van der Waals surface area contributed by atoms with Gasteiger partial charge in [-0.2, -0.15) is 0 Å². The molecule has 0 saturated heterocycles. The molecule has 0 spiro atoms. The molecule has 0 bridgehead atoms. The molecule has 19 heavy (non-hydrogen) atoms. The minimum atomic E-state index is -1.21. The highest BCUT2D eigenvalue weighted by Gasteiger charge is 2.19. The SMILES string of the molecule is CNC(=O)CN(C)c1cc([N+](=O)[O-])ccc1C(=O)O. The summed E-state index contributed by atoms with van der Waals surface area (Å²) in [6, 6.07) is 3.39. The second-order valence-electron chi connectivity index (χ2n) is 3.79. The number of nitro groups is 1. The Morgan fingerprint density at radius 1 is 1.47 bits per heavy atom. The Labute approximate surface area is 108 Å². The van der Waals surface area contributed by atoms with Crippen LogP contribution in [0.25, 0.3) is 0 Å². The van der Waals surface area contributed by atoms with Gasteiger partial charge in [0.2, 0.25) is 5.91 Å². The summed E-state index contributed by atoms with van der Waals surface area (Å²) in [5, 5.41) is 22.1. The van der Waals surface area contributed by atoms with E-state index in [1.165, 1.54) is 19.0 Å². The number of benzene rings is 1. The molecule has 0 heterocycles. The average Bonchev–Trinajstić information content (AvgIpc) is 2.37. The predicted octanol–water partition coefficient (Wildman–Crippen LogP) is 0.475. The Hall–Kier alpha value is -2.64. The van der Waals surface area contributed by atoms with Gasteiger partial charge in [0, 0.05) is 26.2 Å². The van der Waals surface area contributed by atoms with Crippen LogP contribution in [0, 0.1) is 10.1 Å². The van der Waals surface area contributed by atoms with Crippen LogP contribution in [0.3, 0.4) is 0 Å². The number of carbonyl (C=O) groups is 2. The number of carboxylic acid groups (broad SMARTS) is 1. The summed E-state index contributed by atoms with van der Waals surface area (Å²) in [6.45, 7) is -0.0993. The monoisotopic (exact) mass is 267 g/mol. The first kappa shape index (κ1) is 14.4. The number of amides is 1. The van der Waals surface area contributed by atoms with Crippen molar-refractivity contribution in [3.05, 3.63) is 33.9 Å². The second-order valence-corrected chi connectivity index (χ2v) is 3.79. The molecule has 0 aliphatic carbocycles. The lowest BCUT2D eigenvalue weighted by Gasteiger charge is -2.19. The Morgan fingerprint density at radius 3 is 2.58 bits per heavy atom. The van der Waals surface area contributed by atoms with Gasteiger partial charge in [0.05, 0.1) is 22.7 Å². The number of carbonyl (C=O) groups excluding carboxylic acids is 1. The van der Waals surface area contributed by atoms with E-state index in [-0.39, 0.29) is 29.4 Å². The van der Waals surface area contributed by atoms with Crippen molar-refractivity contribution in [2.24, 2.45) is 0 Å². The average molecular weight is 267 g/mol. The third-order valence-electron chi connectivity index (χ3n) is 2.49. The first-order valence-corrected chi connectivity index (χ1v) is 5.30. The lowest BCUT2D eigenvalue weighted by molar-refractivity contribution is -0.384. The first-order chi connectivity index (χ1) is 8.86. The van der Waals surface area contributed by atoms with Gasteiger partial charge in [-0.25, -0.2) is 4.79 Å². The Bertz CT molecular complexity index is 529. The molecule has 0 radical (unpaired) electrons. The molecular formula is C11H13N3O5. The molecule has 0 aliphatic heterocycles. The minimum absolute atomic E-state index is 0.0993. The Kier molecular flexibility index (Phi) is 4.41. The molecule has 0 fully saturated rings. The number of hydrogen-bond acceptors (Lipinski definition) is 5. The van der Waals surface area contributed by atoms with E-state index in [9.17, 15) is 19.7 Å². The van der Waals surface area contributed by atoms with Crippen LogP contribution < -0.4 is 10.2 Å². The van der Waals surface area contributed by atoms with Crippen LogP contribution in [0.4, 0.5) is 11.4 Å². The number of carboxylic acids is 1. The lowest BCUT2D eigenvalue weighted by atomic mass is 10.1. The highest BCUT2D eigenvalue weighted by atomic mass is 16.6. The van der Waals surface area contributed by atoms with Gasteiger partial charge in [-0.05, 0) is 6.07 Å². The number of aromatic carboxylic acids is 1. The summed E-state index contributed by atoms with van der Waals surface area (Å²) < 4.78 is 0. The van der Waals surface area contributed by atoms with Gasteiger partial charge in [0.25, 0.3) is 5.69 Å². The largest absolute Gasteiger partial charge is 0.478 e. The standard InChI is InChI=1S/C11H13N3O5/c1-12-10(15)6-13(2)9-5-7(14(18)19)3-4-8(9)11(16)17/h3-5H,6H2,1-2H3,(H,12,15)(H,16,17). The summed E-state index contributed by atoms with van der Waals surface area (Å²) in [4.78, 5) is 33.7. The molecule has 102 valence electrons. The summed E-state index contributed by atoms with van der Waals surface area (Å²) in [5.41, 5.74) is -0.217. The van der Waals surface area contributed by atoms with Crippen molar-refractivity contribution >= 4 is 23.3 Å². The maximum atomic E-state index is 11.3. The molecule has 0 aromatic heterocycles. The molecule has 0 unspecified atom stereocenters. The zero-order valence-corrected chi connectivity index (χ0v) is 10.4. The van der Waals surface area contributed by atoms with Crippen molar-refractivity contribution in [1.82, 2.24) is 5.32 Å². The van der Waals surface area contributed by atoms with Crippen LogP contribution in [0.15, 0.2) is 18.2 Å². The van der Waals surface area contributed by atoms with E-state index >= 15 is 0 Å². The van der Waals surface area contributed by atoms with Crippen LogP contribution >= 0.6 is 0 Å². The highest BCUT2D eigenvalue weighted by Crippen LogP contribution is 2.25. The third-order valence-corrected chi connectivity index (χ3v) is 2.49. The Balaban J connectivity index is 3.20. The normalized spacial score (nSPS) is 9.79. The molecule has 0 atom stereocenters. The maximum absolute atomic E-state index is 11.3. The number of non-ortho nitro benzene ring substituents is 1. The molecule has 8 nitrogen and oxygen atoms in total. The number of nitro benzene ring substituents is 1. The van der Waals surface area contributed by atoms with Crippen molar-refractivity contribution in [3.8, 4) is 0 Å². The van der Waals surface area contributed by atoms with E-state index < -0.39 is 10.9 Å². The van der Waals surface area contributed by atoms with E-state index in [0.717, 1.165) is 18.2 Å². The zero-order chi connectivity index (χ0) is 14.6. The molecule has 1 aromatic carbocycles. The van der Waals surface area contributed by atoms with E-state index in [2.05, 4.69) is 5.32 Å². The van der Waals surface area contributed by atoms with Gasteiger partial charge in [-0.15, -0.1) is 0 Å². The van der Waals surface area contributed by atoms with Gasteiger partial charge in [0.15, 0.2) is 0 Å². The summed E-state index contributed by atoms with van der Waals surface area (Å²) >= 11 is 0. The topological polar surface area (TPSA) is 113 Å². The fourth-order valence-corrected chi connectivity index (χ4v) is 1.51. The molecule has 0 aliphatic rings. The van der Waals surface area contributed by atoms with Gasteiger partial charge in [-0.3, -0.25) is 14.9 Å². The number of likely N-dealkylation sites (N-methyl/N-ethyl adjacent to an activating group) is 2. The van der Waals surface area contributed by atoms with Crippen molar-refractivity contribution in [1.29, 1.82) is 0 Å².